The average molecular weight is 438 g/mol. The molecule has 29 heavy (non-hydrogen) atoms. The van der Waals surface area contributed by atoms with Crippen molar-refractivity contribution < 1.29 is 13.2 Å². The first-order valence-corrected chi connectivity index (χ1v) is 12.5. The Morgan fingerprint density at radius 1 is 1.24 bits per heavy atom. The van der Waals surface area contributed by atoms with E-state index in [1.165, 1.54) is 13.5 Å². The standard InChI is InChI=1S/C19H27N5O3S2/c1-22(29(26,27)18-9-6-12-28-18)14-17(25)23-10-5-7-15(13-23)19-21-20-16-8-3-2-4-11-24(16)19/h6,9,12,15H,2-5,7-8,10-11,13-14H2,1H3. The third kappa shape index (κ3) is 4.24. The van der Waals surface area contributed by atoms with Gasteiger partial charge in [0.1, 0.15) is 15.9 Å². The second-order valence-corrected chi connectivity index (χ2v) is 11.0. The molecule has 1 fully saturated rings. The average Bonchev–Trinajstić information content (AvgIpc) is 3.34. The molecule has 4 heterocycles. The van der Waals surface area contributed by atoms with E-state index >= 15 is 0 Å². The number of carbonyl (C=O) groups is 1. The van der Waals surface area contributed by atoms with Crippen LogP contribution < -0.4 is 0 Å². The van der Waals surface area contributed by atoms with E-state index in [9.17, 15) is 13.2 Å². The fourth-order valence-electron chi connectivity index (χ4n) is 4.16. The summed E-state index contributed by atoms with van der Waals surface area (Å²) in [5, 5.41) is 10.6. The Labute approximate surface area is 175 Å². The smallest absolute Gasteiger partial charge is 0.252 e. The van der Waals surface area contributed by atoms with Gasteiger partial charge < -0.3 is 9.47 Å². The fraction of sp³-hybridized carbons (Fsp3) is 0.632. The van der Waals surface area contributed by atoms with Gasteiger partial charge in [0.15, 0.2) is 0 Å². The van der Waals surface area contributed by atoms with Crippen molar-refractivity contribution in [3.05, 3.63) is 29.2 Å². The van der Waals surface area contributed by atoms with Gasteiger partial charge in [0.25, 0.3) is 10.0 Å². The minimum atomic E-state index is -3.62. The SMILES string of the molecule is CN(CC(=O)N1CCCC(c2nnc3n2CCCCC3)C1)S(=O)(=O)c1cccs1. The first-order chi connectivity index (χ1) is 14.0. The van der Waals surface area contributed by atoms with Crippen molar-refractivity contribution in [2.24, 2.45) is 0 Å². The lowest BCUT2D eigenvalue weighted by molar-refractivity contribution is -0.132. The lowest BCUT2D eigenvalue weighted by Crippen LogP contribution is -2.45. The van der Waals surface area contributed by atoms with E-state index in [0.29, 0.717) is 13.1 Å². The van der Waals surface area contributed by atoms with E-state index in [-0.39, 0.29) is 22.6 Å². The van der Waals surface area contributed by atoms with Crippen LogP contribution in [0.2, 0.25) is 0 Å². The number of aromatic nitrogens is 3. The molecule has 1 amide bonds. The number of piperidine rings is 1. The van der Waals surface area contributed by atoms with E-state index in [1.807, 2.05) is 0 Å². The topological polar surface area (TPSA) is 88.4 Å². The summed E-state index contributed by atoms with van der Waals surface area (Å²) in [5.41, 5.74) is 0. The molecule has 0 radical (unpaired) electrons. The number of carbonyl (C=O) groups excluding carboxylic acids is 1. The summed E-state index contributed by atoms with van der Waals surface area (Å²) in [6, 6.07) is 3.26. The maximum absolute atomic E-state index is 12.9. The Morgan fingerprint density at radius 2 is 2.10 bits per heavy atom. The number of sulfonamides is 1. The molecule has 2 aliphatic rings. The van der Waals surface area contributed by atoms with E-state index in [1.54, 1.807) is 22.4 Å². The highest BCUT2D eigenvalue weighted by Gasteiger charge is 2.31. The Kier molecular flexibility index (Phi) is 6.03. The van der Waals surface area contributed by atoms with Crippen molar-refractivity contribution in [2.45, 2.75) is 55.2 Å². The van der Waals surface area contributed by atoms with Crippen molar-refractivity contribution in [3.8, 4) is 0 Å². The first kappa shape index (κ1) is 20.5. The van der Waals surface area contributed by atoms with Crippen LogP contribution in [0.15, 0.2) is 21.7 Å². The van der Waals surface area contributed by atoms with Gasteiger partial charge in [-0.1, -0.05) is 12.5 Å². The van der Waals surface area contributed by atoms with Gasteiger partial charge in [0.05, 0.1) is 6.54 Å². The number of amides is 1. The van der Waals surface area contributed by atoms with Crippen molar-refractivity contribution in [3.63, 3.8) is 0 Å². The molecule has 0 bridgehead atoms. The summed E-state index contributed by atoms with van der Waals surface area (Å²) in [4.78, 5) is 14.6. The number of hydrogen-bond acceptors (Lipinski definition) is 6. The number of fused-ring (bicyclic) bond motifs is 1. The quantitative estimate of drug-likeness (QED) is 0.715. The van der Waals surface area contributed by atoms with Crippen molar-refractivity contribution in [1.82, 2.24) is 24.0 Å². The van der Waals surface area contributed by atoms with Crippen LogP contribution in [0.4, 0.5) is 0 Å². The molecule has 4 rings (SSSR count). The Bertz CT molecular complexity index is 955. The molecule has 1 unspecified atom stereocenters. The summed E-state index contributed by atoms with van der Waals surface area (Å²) < 4.78 is 28.9. The van der Waals surface area contributed by atoms with Gasteiger partial charge in [-0.3, -0.25) is 4.79 Å². The zero-order valence-electron chi connectivity index (χ0n) is 16.7. The molecule has 2 aromatic heterocycles. The highest BCUT2D eigenvalue weighted by atomic mass is 32.2. The molecule has 1 atom stereocenters. The molecular formula is C19H27N5O3S2. The molecule has 0 aliphatic carbocycles. The number of hydrogen-bond donors (Lipinski definition) is 0. The lowest BCUT2D eigenvalue weighted by Gasteiger charge is -2.33. The normalized spacial score (nSPS) is 20.5. The third-order valence-corrected chi connectivity index (χ3v) is 8.97. The maximum atomic E-state index is 12.9. The number of thiophene rings is 1. The molecule has 1 saturated heterocycles. The number of nitrogens with zero attached hydrogens (tertiary/aromatic N) is 5. The lowest BCUT2D eigenvalue weighted by atomic mass is 9.97. The van der Waals surface area contributed by atoms with Gasteiger partial charge in [0, 0.05) is 39.0 Å². The van der Waals surface area contributed by atoms with Crippen molar-refractivity contribution >= 4 is 27.3 Å². The van der Waals surface area contributed by atoms with E-state index < -0.39 is 10.0 Å². The summed E-state index contributed by atoms with van der Waals surface area (Å²) in [6.45, 7) is 2.03. The van der Waals surface area contributed by atoms with Gasteiger partial charge in [-0.05, 0) is 37.1 Å². The Hall–Kier alpha value is -1.78. The van der Waals surface area contributed by atoms with Gasteiger partial charge >= 0.3 is 0 Å². The van der Waals surface area contributed by atoms with E-state index in [4.69, 9.17) is 0 Å². The molecule has 0 aromatic carbocycles. The van der Waals surface area contributed by atoms with Gasteiger partial charge in [-0.2, -0.15) is 4.31 Å². The van der Waals surface area contributed by atoms with E-state index in [2.05, 4.69) is 14.8 Å². The van der Waals surface area contributed by atoms with Crippen LogP contribution in [0.1, 0.15) is 49.7 Å². The molecule has 10 heteroatoms. The number of rotatable bonds is 5. The molecule has 0 N–H and O–H groups in total. The van der Waals surface area contributed by atoms with Crippen LogP contribution in [-0.4, -0.2) is 65.0 Å². The molecule has 2 aromatic rings. The highest BCUT2D eigenvalue weighted by molar-refractivity contribution is 7.91. The van der Waals surface area contributed by atoms with Gasteiger partial charge in [0.2, 0.25) is 5.91 Å². The molecule has 8 nitrogen and oxygen atoms in total. The summed E-state index contributed by atoms with van der Waals surface area (Å²) in [6.07, 6.45) is 6.33. The molecule has 158 valence electrons. The molecule has 2 aliphatic heterocycles. The van der Waals surface area contributed by atoms with Crippen LogP contribution in [0.25, 0.3) is 0 Å². The van der Waals surface area contributed by atoms with Crippen molar-refractivity contribution in [2.75, 3.05) is 26.7 Å². The van der Waals surface area contributed by atoms with Crippen LogP contribution in [0.3, 0.4) is 0 Å². The molecular weight excluding hydrogens is 410 g/mol. The minimum Gasteiger partial charge on any atom is -0.341 e. The zero-order valence-corrected chi connectivity index (χ0v) is 18.3. The minimum absolute atomic E-state index is 0.148. The van der Waals surface area contributed by atoms with Gasteiger partial charge in [-0.15, -0.1) is 21.5 Å². The predicted molar refractivity (Wildman–Crippen MR) is 110 cm³/mol. The van der Waals surface area contributed by atoms with Crippen LogP contribution in [0, 0.1) is 0 Å². The largest absolute Gasteiger partial charge is 0.341 e. The molecule has 0 saturated carbocycles. The highest BCUT2D eigenvalue weighted by Crippen LogP contribution is 2.28. The third-order valence-electron chi connectivity index (χ3n) is 5.79. The second kappa shape index (κ2) is 8.53. The first-order valence-electron chi connectivity index (χ1n) is 10.2. The monoisotopic (exact) mass is 437 g/mol. The van der Waals surface area contributed by atoms with Crippen LogP contribution >= 0.6 is 11.3 Å². The number of aryl methyl sites for hydroxylation is 1. The molecule has 0 spiro atoms. The summed E-state index contributed by atoms with van der Waals surface area (Å²) in [7, 11) is -2.16. The predicted octanol–water partition coefficient (Wildman–Crippen LogP) is 2.09. The van der Waals surface area contributed by atoms with Crippen molar-refractivity contribution in [1.29, 1.82) is 0 Å². The fourth-order valence-corrected chi connectivity index (χ4v) is 6.48. The van der Waals surface area contributed by atoms with E-state index in [0.717, 1.165) is 65.9 Å². The van der Waals surface area contributed by atoms with Crippen LogP contribution in [0.5, 0.6) is 0 Å². The number of likely N-dealkylation sites (N-methyl/N-ethyl adjacent to an activating group) is 1. The maximum Gasteiger partial charge on any atom is 0.252 e. The summed E-state index contributed by atoms with van der Waals surface area (Å²) >= 11 is 1.16. The Balaban J connectivity index is 1.43. The second-order valence-electron chi connectivity index (χ2n) is 7.81. The number of likely N-dealkylation sites (tertiary alicyclic amines) is 1. The van der Waals surface area contributed by atoms with Gasteiger partial charge in [-0.25, -0.2) is 8.42 Å². The zero-order chi connectivity index (χ0) is 20.4. The Morgan fingerprint density at radius 3 is 2.90 bits per heavy atom. The van der Waals surface area contributed by atoms with Crippen LogP contribution in [-0.2, 0) is 27.8 Å². The summed E-state index contributed by atoms with van der Waals surface area (Å²) in [5.74, 6) is 2.04.